The molecule has 1 heterocycles. The number of rotatable bonds is 6. The van der Waals surface area contributed by atoms with Crippen LogP contribution in [0.3, 0.4) is 0 Å². The van der Waals surface area contributed by atoms with Gasteiger partial charge in [-0.25, -0.2) is 4.79 Å². The van der Waals surface area contributed by atoms with E-state index in [1.165, 1.54) is 10.8 Å². The average molecular weight is 504 g/mol. The zero-order valence-electron chi connectivity index (χ0n) is 20.1. The van der Waals surface area contributed by atoms with Gasteiger partial charge in [0.15, 0.2) is 11.4 Å². The van der Waals surface area contributed by atoms with Crippen LogP contribution in [0.15, 0.2) is 89.4 Å². The Labute approximate surface area is 213 Å². The zero-order chi connectivity index (χ0) is 26.0. The van der Waals surface area contributed by atoms with Gasteiger partial charge in [-0.05, 0) is 53.7 Å². The molecule has 0 saturated carbocycles. The molecule has 9 heteroatoms. The van der Waals surface area contributed by atoms with Crippen LogP contribution in [0.5, 0.6) is 5.75 Å². The number of benzene rings is 3. The Kier molecular flexibility index (Phi) is 6.83. The van der Waals surface area contributed by atoms with Gasteiger partial charge in [0.05, 0.1) is 18.3 Å². The van der Waals surface area contributed by atoms with Gasteiger partial charge in [-0.3, -0.25) is 4.57 Å². The van der Waals surface area contributed by atoms with E-state index in [9.17, 15) is 9.90 Å². The molecule has 0 aliphatic carbocycles. The molecule has 4 rings (SSSR count). The molecule has 3 N–H and O–H groups in total. The molecule has 4 aromatic rings. The highest BCUT2D eigenvalue weighted by Gasteiger charge is 2.40. The maximum absolute atomic E-state index is 12.7. The summed E-state index contributed by atoms with van der Waals surface area (Å²) in [7, 11) is 4.91. The van der Waals surface area contributed by atoms with Crippen molar-refractivity contribution >= 4 is 28.3 Å². The first-order chi connectivity index (χ1) is 17.2. The molecule has 0 saturated heterocycles. The van der Waals surface area contributed by atoms with Crippen LogP contribution in [0.1, 0.15) is 11.1 Å². The monoisotopic (exact) mass is 503 g/mol. The number of halogens is 1. The van der Waals surface area contributed by atoms with Gasteiger partial charge in [0, 0.05) is 30.1 Å². The molecule has 8 nitrogen and oxygen atoms in total. The minimum Gasteiger partial charge on any atom is -0.497 e. The lowest BCUT2D eigenvalue weighted by Gasteiger charge is -2.34. The molecule has 0 bridgehead atoms. The molecular formula is C27H26ClN5O3. The van der Waals surface area contributed by atoms with Crippen LogP contribution in [0, 0.1) is 0 Å². The molecule has 0 spiro atoms. The maximum Gasteiger partial charge on any atom is 0.348 e. The highest BCUT2D eigenvalue weighted by Crippen LogP contribution is 2.36. The van der Waals surface area contributed by atoms with Gasteiger partial charge in [-0.2, -0.15) is 10.1 Å². The Hall–Kier alpha value is -4.14. The standard InChI is InChI=1S/C27H26ClN5O3/c1-5-32(2)25(31-29)27(35,18-9-12-20(28)13-10-18)19-11-14-23-22(16-19)24(30-26(34)33(23)3)17-7-6-8-21(15-17)36-4/h5-16,35H,1,29H2,2-4H3/b31-25-. The minimum atomic E-state index is -1.78. The maximum atomic E-state index is 12.7. The fraction of sp³-hybridized carbons (Fsp3) is 0.148. The van der Waals surface area contributed by atoms with Crippen molar-refractivity contribution in [3.8, 4) is 17.0 Å². The fourth-order valence-corrected chi connectivity index (χ4v) is 4.34. The van der Waals surface area contributed by atoms with Crippen LogP contribution in [0.4, 0.5) is 0 Å². The molecule has 0 aliphatic heterocycles. The largest absolute Gasteiger partial charge is 0.497 e. The second-order valence-corrected chi connectivity index (χ2v) is 8.67. The number of nitrogens with two attached hydrogens (primary N) is 1. The van der Waals surface area contributed by atoms with Gasteiger partial charge in [0.25, 0.3) is 0 Å². The molecule has 0 amide bonds. The molecule has 1 atom stereocenters. The topological polar surface area (TPSA) is 106 Å². The third-order valence-corrected chi connectivity index (χ3v) is 6.44. The van der Waals surface area contributed by atoms with Crippen LogP contribution in [-0.2, 0) is 12.6 Å². The zero-order valence-corrected chi connectivity index (χ0v) is 20.9. The molecule has 0 fully saturated rings. The Morgan fingerprint density at radius 3 is 2.53 bits per heavy atom. The molecule has 0 radical (unpaired) electrons. The van der Waals surface area contributed by atoms with E-state index in [4.69, 9.17) is 22.2 Å². The Morgan fingerprint density at radius 1 is 1.19 bits per heavy atom. The lowest BCUT2D eigenvalue weighted by atomic mass is 9.83. The Bertz CT molecular complexity index is 1530. The first-order valence-electron chi connectivity index (χ1n) is 11.0. The summed E-state index contributed by atoms with van der Waals surface area (Å²) >= 11 is 6.12. The highest BCUT2D eigenvalue weighted by atomic mass is 35.5. The van der Waals surface area contributed by atoms with Gasteiger partial charge in [0.1, 0.15) is 5.75 Å². The third-order valence-electron chi connectivity index (χ3n) is 6.18. The second-order valence-electron chi connectivity index (χ2n) is 8.23. The lowest BCUT2D eigenvalue weighted by molar-refractivity contribution is 0.144. The van der Waals surface area contributed by atoms with Crippen molar-refractivity contribution in [2.75, 3.05) is 14.2 Å². The first kappa shape index (κ1) is 25.0. The summed E-state index contributed by atoms with van der Waals surface area (Å²) in [5.41, 5.74) is 0.548. The van der Waals surface area contributed by atoms with Gasteiger partial charge >= 0.3 is 5.69 Å². The fourth-order valence-electron chi connectivity index (χ4n) is 4.21. The first-order valence-corrected chi connectivity index (χ1v) is 11.4. The lowest BCUT2D eigenvalue weighted by Crippen LogP contribution is -2.45. The highest BCUT2D eigenvalue weighted by molar-refractivity contribution is 6.30. The number of methoxy groups -OCH3 is 1. The van der Waals surface area contributed by atoms with Crippen molar-refractivity contribution in [1.29, 1.82) is 0 Å². The summed E-state index contributed by atoms with van der Waals surface area (Å²) in [5, 5.41) is 17.4. The van der Waals surface area contributed by atoms with E-state index in [-0.39, 0.29) is 5.84 Å². The molecule has 0 aliphatic rings. The van der Waals surface area contributed by atoms with Crippen LogP contribution >= 0.6 is 11.6 Å². The van der Waals surface area contributed by atoms with Crippen molar-refractivity contribution in [3.05, 3.63) is 106 Å². The number of hydrogen-bond acceptors (Lipinski definition) is 6. The number of hydrazone groups is 1. The number of aliphatic hydroxyl groups is 1. The summed E-state index contributed by atoms with van der Waals surface area (Å²) < 4.78 is 6.82. The number of amidine groups is 1. The van der Waals surface area contributed by atoms with Crippen LogP contribution in [0.2, 0.25) is 5.02 Å². The molecule has 36 heavy (non-hydrogen) atoms. The van der Waals surface area contributed by atoms with Gasteiger partial charge in [0.2, 0.25) is 0 Å². The number of ether oxygens (including phenoxy) is 1. The van der Waals surface area contributed by atoms with Crippen molar-refractivity contribution in [2.24, 2.45) is 18.0 Å². The second kappa shape index (κ2) is 9.85. The van der Waals surface area contributed by atoms with Crippen LogP contribution in [-0.4, -0.2) is 39.6 Å². The van der Waals surface area contributed by atoms with Gasteiger partial charge < -0.3 is 20.6 Å². The number of likely N-dealkylation sites (N-methyl/N-ethyl adjacent to an activating group) is 1. The quantitative estimate of drug-likeness (QED) is 0.179. The third kappa shape index (κ3) is 4.21. The summed E-state index contributed by atoms with van der Waals surface area (Å²) in [6.45, 7) is 3.78. The minimum absolute atomic E-state index is 0.139. The summed E-state index contributed by atoms with van der Waals surface area (Å²) in [5.74, 6) is 6.56. The Morgan fingerprint density at radius 2 is 1.89 bits per heavy atom. The van der Waals surface area contributed by atoms with E-state index in [1.807, 2.05) is 18.2 Å². The van der Waals surface area contributed by atoms with E-state index in [1.54, 1.807) is 74.6 Å². The SMILES string of the molecule is C=CN(C)/C(=N\N)C(O)(c1ccc(Cl)cc1)c1ccc2c(c1)c(-c1cccc(OC)c1)nc(=O)n2C. The number of aromatic nitrogens is 2. The smallest absolute Gasteiger partial charge is 0.348 e. The summed E-state index contributed by atoms with van der Waals surface area (Å²) in [6, 6.07) is 19.3. The number of hydrogen-bond donors (Lipinski definition) is 2. The predicted octanol–water partition coefficient (Wildman–Crippen LogP) is 3.85. The number of aryl methyl sites for hydroxylation is 1. The van der Waals surface area contributed by atoms with E-state index < -0.39 is 11.3 Å². The van der Waals surface area contributed by atoms with Crippen LogP contribution < -0.4 is 16.3 Å². The molecule has 1 aromatic heterocycles. The van der Waals surface area contributed by atoms with Crippen molar-refractivity contribution in [1.82, 2.24) is 14.5 Å². The molecule has 3 aromatic carbocycles. The van der Waals surface area contributed by atoms with Gasteiger partial charge in [-0.15, -0.1) is 0 Å². The normalized spacial score (nSPS) is 13.3. The van der Waals surface area contributed by atoms with E-state index in [0.29, 0.717) is 44.1 Å². The van der Waals surface area contributed by atoms with Crippen molar-refractivity contribution in [2.45, 2.75) is 5.60 Å². The van der Waals surface area contributed by atoms with E-state index in [0.717, 1.165) is 0 Å². The van der Waals surface area contributed by atoms with Crippen LogP contribution in [0.25, 0.3) is 22.2 Å². The van der Waals surface area contributed by atoms with E-state index in [2.05, 4.69) is 16.7 Å². The van der Waals surface area contributed by atoms with E-state index >= 15 is 0 Å². The predicted molar refractivity (Wildman–Crippen MR) is 143 cm³/mol. The van der Waals surface area contributed by atoms with Gasteiger partial charge in [-0.1, -0.05) is 48.5 Å². The van der Waals surface area contributed by atoms with Crippen molar-refractivity contribution < 1.29 is 9.84 Å². The Balaban J connectivity index is 2.07. The summed E-state index contributed by atoms with van der Waals surface area (Å²) in [6.07, 6.45) is 1.50. The molecule has 1 unspecified atom stereocenters. The number of nitrogens with zero attached hydrogens (tertiary/aromatic N) is 4. The van der Waals surface area contributed by atoms with Crippen molar-refractivity contribution in [3.63, 3.8) is 0 Å². The molecular weight excluding hydrogens is 478 g/mol. The molecule has 184 valence electrons. The average Bonchev–Trinajstić information content (AvgIpc) is 2.90. The number of fused-ring (bicyclic) bond motifs is 1. The summed E-state index contributed by atoms with van der Waals surface area (Å²) in [4.78, 5) is 18.6.